The molecule has 0 aliphatic carbocycles. The summed E-state index contributed by atoms with van der Waals surface area (Å²) in [6, 6.07) is 3.69. The average Bonchev–Trinajstić information content (AvgIpc) is 2.55. The standard InChI is InChI=1S/C15H22F2N2O6S2/c1-2-25-15(20)14-10(12(16)6-8-26(18,21)22)4-3-5-11(14)13(17)7-9-27(19,23)24/h3-5,12-13H,2,6-9H2,1H3,(H2,18,21,22)(H2,19,23,24). The zero-order chi connectivity index (χ0) is 20.8. The first kappa shape index (κ1) is 23.4. The SMILES string of the molecule is CCOC(=O)c1c(C(F)CCS(N)(=O)=O)cccc1C(F)CCS(N)(=O)=O. The molecule has 0 aromatic heterocycles. The zero-order valence-electron chi connectivity index (χ0n) is 14.6. The molecule has 12 heteroatoms. The second kappa shape index (κ2) is 9.53. The van der Waals surface area contributed by atoms with Crippen LogP contribution in [-0.4, -0.2) is 40.9 Å². The normalized spacial score (nSPS) is 14.6. The lowest BCUT2D eigenvalue weighted by Gasteiger charge is -2.18. The third kappa shape index (κ3) is 7.87. The van der Waals surface area contributed by atoms with Gasteiger partial charge in [0.15, 0.2) is 0 Å². The minimum atomic E-state index is -3.93. The number of carbonyl (C=O) groups excluding carboxylic acids is 1. The molecule has 1 aromatic rings. The van der Waals surface area contributed by atoms with Crippen molar-refractivity contribution in [2.45, 2.75) is 32.1 Å². The van der Waals surface area contributed by atoms with E-state index in [1.807, 2.05) is 0 Å². The van der Waals surface area contributed by atoms with Crippen molar-refractivity contribution in [3.63, 3.8) is 0 Å². The van der Waals surface area contributed by atoms with Crippen molar-refractivity contribution in [3.05, 3.63) is 34.9 Å². The molecule has 2 atom stereocenters. The lowest BCUT2D eigenvalue weighted by atomic mass is 9.93. The Balaban J connectivity index is 3.28. The second-order valence-electron chi connectivity index (χ2n) is 5.78. The largest absolute Gasteiger partial charge is 0.462 e. The minimum absolute atomic E-state index is 0.0606. The van der Waals surface area contributed by atoms with E-state index in [2.05, 4.69) is 0 Å². The Bertz CT molecular complexity index is 814. The van der Waals surface area contributed by atoms with Crippen LogP contribution in [-0.2, 0) is 24.8 Å². The molecule has 27 heavy (non-hydrogen) atoms. The summed E-state index contributed by atoms with van der Waals surface area (Å²) in [6.07, 6.45) is -4.92. The van der Waals surface area contributed by atoms with E-state index in [0.29, 0.717) is 0 Å². The van der Waals surface area contributed by atoms with Gasteiger partial charge in [-0.15, -0.1) is 0 Å². The molecule has 0 fully saturated rings. The summed E-state index contributed by atoms with van der Waals surface area (Å²) in [5.41, 5.74) is -0.913. The van der Waals surface area contributed by atoms with Crippen LogP contribution in [0, 0.1) is 0 Å². The smallest absolute Gasteiger partial charge is 0.338 e. The van der Waals surface area contributed by atoms with Gasteiger partial charge in [0.1, 0.15) is 12.3 Å². The molecule has 4 N–H and O–H groups in total. The fourth-order valence-corrected chi connectivity index (χ4v) is 3.47. The van der Waals surface area contributed by atoms with Crippen LogP contribution in [0.5, 0.6) is 0 Å². The van der Waals surface area contributed by atoms with Gasteiger partial charge in [-0.3, -0.25) is 0 Å². The molecule has 0 heterocycles. The highest BCUT2D eigenvalue weighted by Crippen LogP contribution is 2.33. The van der Waals surface area contributed by atoms with E-state index < -0.39 is 68.3 Å². The van der Waals surface area contributed by atoms with Gasteiger partial charge >= 0.3 is 5.97 Å². The number of carbonyl (C=O) groups is 1. The van der Waals surface area contributed by atoms with Gasteiger partial charge in [0.2, 0.25) is 20.0 Å². The first-order valence-corrected chi connectivity index (χ1v) is 11.4. The molecule has 0 spiro atoms. The lowest BCUT2D eigenvalue weighted by molar-refractivity contribution is 0.0518. The fraction of sp³-hybridized carbons (Fsp3) is 0.533. The van der Waals surface area contributed by atoms with E-state index >= 15 is 0 Å². The molecule has 0 amide bonds. The van der Waals surface area contributed by atoms with Crippen molar-refractivity contribution < 1.29 is 35.1 Å². The van der Waals surface area contributed by atoms with Gasteiger partial charge in [0, 0.05) is 11.1 Å². The van der Waals surface area contributed by atoms with Gasteiger partial charge in [-0.25, -0.2) is 40.7 Å². The van der Waals surface area contributed by atoms with E-state index in [-0.39, 0.29) is 17.7 Å². The number of hydrogen-bond acceptors (Lipinski definition) is 6. The van der Waals surface area contributed by atoms with Crippen LogP contribution in [0.3, 0.4) is 0 Å². The number of primary sulfonamides is 2. The molecule has 0 saturated heterocycles. The maximum Gasteiger partial charge on any atom is 0.338 e. The number of halogens is 2. The molecule has 0 bridgehead atoms. The predicted molar refractivity (Wildman–Crippen MR) is 95.3 cm³/mol. The predicted octanol–water partition coefficient (Wildman–Crippen LogP) is 1.24. The van der Waals surface area contributed by atoms with Gasteiger partial charge in [-0.05, 0) is 19.8 Å². The Morgan fingerprint density at radius 2 is 1.41 bits per heavy atom. The Labute approximate surface area is 157 Å². The van der Waals surface area contributed by atoms with Crippen LogP contribution >= 0.6 is 0 Å². The van der Waals surface area contributed by atoms with E-state index in [1.54, 1.807) is 0 Å². The molecule has 0 saturated carbocycles. The zero-order valence-corrected chi connectivity index (χ0v) is 16.2. The van der Waals surface area contributed by atoms with Crippen molar-refractivity contribution in [2.75, 3.05) is 18.1 Å². The number of ether oxygens (including phenoxy) is 1. The van der Waals surface area contributed by atoms with Crippen molar-refractivity contribution >= 4 is 26.0 Å². The number of alkyl halides is 2. The van der Waals surface area contributed by atoms with Crippen molar-refractivity contribution in [1.29, 1.82) is 0 Å². The summed E-state index contributed by atoms with van der Waals surface area (Å²) in [5, 5.41) is 9.70. The number of esters is 1. The maximum atomic E-state index is 14.6. The molecule has 8 nitrogen and oxygen atoms in total. The first-order valence-electron chi connectivity index (χ1n) is 7.94. The van der Waals surface area contributed by atoms with E-state index in [0.717, 1.165) is 0 Å². The summed E-state index contributed by atoms with van der Waals surface area (Å²) in [5.74, 6) is -2.35. The molecule has 0 aliphatic rings. The number of hydrogen-bond donors (Lipinski definition) is 2. The van der Waals surface area contributed by atoms with Gasteiger partial charge in [0.05, 0.1) is 23.7 Å². The quantitative estimate of drug-likeness (QED) is 0.536. The van der Waals surface area contributed by atoms with E-state index in [9.17, 15) is 30.4 Å². The van der Waals surface area contributed by atoms with E-state index in [1.165, 1.54) is 25.1 Å². The third-order valence-corrected chi connectivity index (χ3v) is 5.20. The van der Waals surface area contributed by atoms with Gasteiger partial charge in [0.25, 0.3) is 0 Å². The van der Waals surface area contributed by atoms with Gasteiger partial charge < -0.3 is 4.74 Å². The van der Waals surface area contributed by atoms with Gasteiger partial charge in [-0.2, -0.15) is 0 Å². The topological polar surface area (TPSA) is 147 Å². The Morgan fingerprint density at radius 1 is 1.00 bits per heavy atom. The highest BCUT2D eigenvalue weighted by atomic mass is 32.2. The Kier molecular flexibility index (Phi) is 8.26. The Morgan fingerprint density at radius 3 is 1.74 bits per heavy atom. The number of benzene rings is 1. The highest BCUT2D eigenvalue weighted by Gasteiger charge is 2.28. The summed E-state index contributed by atoms with van der Waals surface area (Å²) >= 11 is 0. The van der Waals surface area contributed by atoms with Crippen LogP contribution in [0.1, 0.15) is 53.6 Å². The average molecular weight is 428 g/mol. The minimum Gasteiger partial charge on any atom is -0.462 e. The lowest BCUT2D eigenvalue weighted by Crippen LogP contribution is -2.20. The molecule has 0 aliphatic heterocycles. The van der Waals surface area contributed by atoms with Crippen molar-refractivity contribution in [1.82, 2.24) is 0 Å². The summed E-state index contributed by atoms with van der Waals surface area (Å²) < 4.78 is 78.1. The van der Waals surface area contributed by atoms with Crippen LogP contribution in [0.25, 0.3) is 0 Å². The van der Waals surface area contributed by atoms with Crippen LogP contribution in [0.4, 0.5) is 8.78 Å². The maximum absolute atomic E-state index is 14.6. The highest BCUT2D eigenvalue weighted by molar-refractivity contribution is 7.89. The Hall–Kier alpha value is -1.63. The number of nitrogens with two attached hydrogens (primary N) is 2. The molecule has 0 radical (unpaired) electrons. The molecular weight excluding hydrogens is 406 g/mol. The molecule has 1 rings (SSSR count). The van der Waals surface area contributed by atoms with Gasteiger partial charge in [-0.1, -0.05) is 18.2 Å². The molecule has 1 aromatic carbocycles. The summed E-state index contributed by atoms with van der Waals surface area (Å²) in [6.45, 7) is 1.44. The molecule has 154 valence electrons. The first-order chi connectivity index (χ1) is 12.4. The number of rotatable bonds is 10. The van der Waals surface area contributed by atoms with Crippen LogP contribution in [0.15, 0.2) is 18.2 Å². The van der Waals surface area contributed by atoms with E-state index in [4.69, 9.17) is 15.0 Å². The summed E-state index contributed by atoms with van der Waals surface area (Å²) in [7, 11) is -7.87. The summed E-state index contributed by atoms with van der Waals surface area (Å²) in [4.78, 5) is 12.3. The monoisotopic (exact) mass is 428 g/mol. The molecular formula is C15H22F2N2O6S2. The third-order valence-electron chi connectivity index (χ3n) is 3.60. The fourth-order valence-electron chi connectivity index (χ4n) is 2.40. The van der Waals surface area contributed by atoms with Crippen LogP contribution < -0.4 is 10.3 Å². The molecule has 2 unspecified atom stereocenters. The van der Waals surface area contributed by atoms with Crippen LogP contribution in [0.2, 0.25) is 0 Å². The van der Waals surface area contributed by atoms with Crippen molar-refractivity contribution in [2.24, 2.45) is 10.3 Å². The second-order valence-corrected chi connectivity index (χ2v) is 9.25. The van der Waals surface area contributed by atoms with Crippen molar-refractivity contribution in [3.8, 4) is 0 Å². The number of sulfonamides is 2.